The van der Waals surface area contributed by atoms with Gasteiger partial charge in [0.05, 0.1) is 24.4 Å². The molecule has 0 unspecified atom stereocenters. The second-order valence-electron chi connectivity index (χ2n) is 4.39. The topological polar surface area (TPSA) is 61.2 Å². The van der Waals surface area contributed by atoms with Gasteiger partial charge in [-0.2, -0.15) is 5.10 Å². The van der Waals surface area contributed by atoms with Gasteiger partial charge in [0.1, 0.15) is 0 Å². The van der Waals surface area contributed by atoms with E-state index < -0.39 is 0 Å². The molecular weight excluding hydrogens is 256 g/mol. The Morgan fingerprint density at radius 2 is 2.00 bits per heavy atom. The third-order valence-corrected chi connectivity index (χ3v) is 2.93. The molecule has 0 N–H and O–H groups in total. The highest BCUT2D eigenvalue weighted by Crippen LogP contribution is 2.15. The summed E-state index contributed by atoms with van der Waals surface area (Å²) in [5.41, 5.74) is 1.23. The van der Waals surface area contributed by atoms with Crippen molar-refractivity contribution in [3.05, 3.63) is 52.3 Å². The molecule has 0 aliphatic heterocycles. The van der Waals surface area contributed by atoms with Gasteiger partial charge in [0, 0.05) is 12.7 Å². The third kappa shape index (κ3) is 3.00. The number of ketones is 1. The molecule has 104 valence electrons. The van der Waals surface area contributed by atoms with Crippen LogP contribution >= 0.6 is 0 Å². The van der Waals surface area contributed by atoms with Crippen molar-refractivity contribution in [2.75, 3.05) is 13.7 Å². The summed E-state index contributed by atoms with van der Waals surface area (Å²) in [5, 5.41) is 4.30. The first-order valence-electron chi connectivity index (χ1n) is 6.31. The van der Waals surface area contributed by atoms with E-state index in [4.69, 9.17) is 4.74 Å². The molecule has 0 fully saturated rings. The lowest BCUT2D eigenvalue weighted by molar-refractivity contribution is 0.101. The third-order valence-electron chi connectivity index (χ3n) is 2.93. The number of carbonyl (C=O) groups is 1. The van der Waals surface area contributed by atoms with Crippen LogP contribution in [0, 0.1) is 0 Å². The van der Waals surface area contributed by atoms with Crippen molar-refractivity contribution in [2.24, 2.45) is 0 Å². The second kappa shape index (κ2) is 6.25. The maximum Gasteiger partial charge on any atom is 0.277 e. The van der Waals surface area contributed by atoms with Crippen LogP contribution in [0.5, 0.6) is 0 Å². The molecule has 0 atom stereocenters. The fraction of sp³-hybridized carbons (Fsp3) is 0.267. The number of benzene rings is 1. The summed E-state index contributed by atoms with van der Waals surface area (Å²) in [4.78, 5) is 23.7. The van der Waals surface area contributed by atoms with Gasteiger partial charge >= 0.3 is 0 Å². The molecule has 0 aliphatic rings. The minimum Gasteiger partial charge on any atom is -0.383 e. The summed E-state index contributed by atoms with van der Waals surface area (Å²) in [5.74, 6) is -0.263. The lowest BCUT2D eigenvalue weighted by atomic mass is 10.1. The minimum atomic E-state index is -0.380. The Morgan fingerprint density at radius 1 is 1.30 bits per heavy atom. The van der Waals surface area contributed by atoms with Crippen LogP contribution in [0.1, 0.15) is 17.3 Å². The zero-order chi connectivity index (χ0) is 14.5. The van der Waals surface area contributed by atoms with Gasteiger partial charge in [-0.05, 0) is 13.0 Å². The summed E-state index contributed by atoms with van der Waals surface area (Å²) >= 11 is 0. The predicted molar refractivity (Wildman–Crippen MR) is 75.8 cm³/mol. The highest BCUT2D eigenvalue weighted by Gasteiger charge is 2.13. The monoisotopic (exact) mass is 272 g/mol. The number of rotatable bonds is 5. The average Bonchev–Trinajstić information content (AvgIpc) is 2.46. The van der Waals surface area contributed by atoms with Crippen LogP contribution in [0.4, 0.5) is 0 Å². The lowest BCUT2D eigenvalue weighted by Gasteiger charge is -2.09. The van der Waals surface area contributed by atoms with Crippen LogP contribution < -0.4 is 5.56 Å². The molecule has 0 amide bonds. The molecule has 5 nitrogen and oxygen atoms in total. The normalized spacial score (nSPS) is 10.5. The van der Waals surface area contributed by atoms with Crippen LogP contribution in [-0.4, -0.2) is 29.3 Å². The van der Waals surface area contributed by atoms with E-state index in [1.165, 1.54) is 11.6 Å². The van der Waals surface area contributed by atoms with Gasteiger partial charge in [-0.3, -0.25) is 9.59 Å². The van der Waals surface area contributed by atoms with Gasteiger partial charge in [0.15, 0.2) is 5.78 Å². The van der Waals surface area contributed by atoms with E-state index in [1.807, 2.05) is 30.3 Å². The first-order chi connectivity index (χ1) is 9.63. The minimum absolute atomic E-state index is 0.148. The fourth-order valence-electron chi connectivity index (χ4n) is 1.87. The quantitative estimate of drug-likeness (QED) is 0.778. The van der Waals surface area contributed by atoms with E-state index in [2.05, 4.69) is 5.10 Å². The maximum atomic E-state index is 12.1. The number of carbonyl (C=O) groups excluding carboxylic acids is 1. The molecule has 2 rings (SSSR count). The van der Waals surface area contributed by atoms with Crippen molar-refractivity contribution >= 4 is 5.78 Å². The summed E-state index contributed by atoms with van der Waals surface area (Å²) in [6.45, 7) is 2.06. The number of ether oxygens (including phenoxy) is 1. The molecule has 20 heavy (non-hydrogen) atoms. The van der Waals surface area contributed by atoms with E-state index >= 15 is 0 Å². The molecule has 1 heterocycles. The van der Waals surface area contributed by atoms with E-state index in [1.54, 1.807) is 13.2 Å². The number of nitrogens with zero attached hydrogens (tertiary/aromatic N) is 2. The summed E-state index contributed by atoms with van der Waals surface area (Å²) < 4.78 is 6.24. The molecule has 0 saturated carbocycles. The van der Waals surface area contributed by atoms with Crippen LogP contribution in [0.25, 0.3) is 11.3 Å². The van der Waals surface area contributed by atoms with Crippen molar-refractivity contribution in [1.82, 2.24) is 9.78 Å². The highest BCUT2D eigenvalue weighted by molar-refractivity contribution is 5.94. The maximum absolute atomic E-state index is 12.1. The number of hydrogen-bond donors (Lipinski definition) is 0. The van der Waals surface area contributed by atoms with Gasteiger partial charge in [-0.25, -0.2) is 4.68 Å². The van der Waals surface area contributed by atoms with Crippen LogP contribution in [-0.2, 0) is 11.3 Å². The Kier molecular flexibility index (Phi) is 4.42. The number of Topliss-reactive ketones (excluding diaryl/α,β-unsaturated/α-hetero) is 1. The fourth-order valence-corrected chi connectivity index (χ4v) is 1.87. The van der Waals surface area contributed by atoms with Crippen LogP contribution in [0.15, 0.2) is 41.2 Å². The molecule has 2 aromatic rings. The standard InChI is InChI=1S/C15H16N2O3/c1-11(18)13-10-14(12-6-4-3-5-7-12)16-17(15(13)19)8-9-20-2/h3-7,10H,8-9H2,1-2H3. The van der Waals surface area contributed by atoms with E-state index in [-0.39, 0.29) is 16.9 Å². The van der Waals surface area contributed by atoms with Gasteiger partial charge < -0.3 is 4.74 Å². The Morgan fingerprint density at radius 3 is 2.60 bits per heavy atom. The molecule has 0 bridgehead atoms. The molecule has 0 radical (unpaired) electrons. The summed E-state index contributed by atoms with van der Waals surface area (Å²) in [7, 11) is 1.55. The van der Waals surface area contributed by atoms with E-state index in [0.717, 1.165) is 5.56 Å². The van der Waals surface area contributed by atoms with Gasteiger partial charge in [0.25, 0.3) is 5.56 Å². The van der Waals surface area contributed by atoms with Crippen molar-refractivity contribution in [2.45, 2.75) is 13.5 Å². The van der Waals surface area contributed by atoms with Gasteiger partial charge in [-0.15, -0.1) is 0 Å². The Bertz CT molecular complexity index is 663. The Hall–Kier alpha value is -2.27. The molecule has 0 aliphatic carbocycles. The zero-order valence-corrected chi connectivity index (χ0v) is 11.5. The smallest absolute Gasteiger partial charge is 0.277 e. The number of methoxy groups -OCH3 is 1. The number of aromatic nitrogens is 2. The second-order valence-corrected chi connectivity index (χ2v) is 4.39. The lowest BCUT2D eigenvalue weighted by Crippen LogP contribution is -2.29. The Labute approximate surface area is 116 Å². The SMILES string of the molecule is COCCn1nc(-c2ccccc2)cc(C(C)=O)c1=O. The van der Waals surface area contributed by atoms with Gasteiger partial charge in [0.2, 0.25) is 0 Å². The molecule has 5 heteroatoms. The van der Waals surface area contributed by atoms with Crippen LogP contribution in [0.2, 0.25) is 0 Å². The molecule has 1 aromatic heterocycles. The molecular formula is C15H16N2O3. The molecule has 1 aromatic carbocycles. The average molecular weight is 272 g/mol. The van der Waals surface area contributed by atoms with E-state index in [0.29, 0.717) is 18.8 Å². The van der Waals surface area contributed by atoms with Gasteiger partial charge in [-0.1, -0.05) is 30.3 Å². The molecule has 0 spiro atoms. The zero-order valence-electron chi connectivity index (χ0n) is 11.5. The van der Waals surface area contributed by atoms with Crippen LogP contribution in [0.3, 0.4) is 0 Å². The predicted octanol–water partition coefficient (Wildman–Crippen LogP) is 1.76. The van der Waals surface area contributed by atoms with Crippen molar-refractivity contribution in [3.63, 3.8) is 0 Å². The summed E-state index contributed by atoms with van der Waals surface area (Å²) in [6.07, 6.45) is 0. The Balaban J connectivity index is 2.56. The van der Waals surface area contributed by atoms with Crippen molar-refractivity contribution in [1.29, 1.82) is 0 Å². The first kappa shape index (κ1) is 14.1. The highest BCUT2D eigenvalue weighted by atomic mass is 16.5. The summed E-state index contributed by atoms with van der Waals surface area (Å²) in [6, 6.07) is 11.0. The number of hydrogen-bond acceptors (Lipinski definition) is 4. The van der Waals surface area contributed by atoms with E-state index in [9.17, 15) is 9.59 Å². The largest absolute Gasteiger partial charge is 0.383 e. The van der Waals surface area contributed by atoms with Crippen molar-refractivity contribution < 1.29 is 9.53 Å². The first-order valence-corrected chi connectivity index (χ1v) is 6.31. The molecule has 0 saturated heterocycles. The van der Waals surface area contributed by atoms with Crippen molar-refractivity contribution in [3.8, 4) is 11.3 Å².